The van der Waals surface area contributed by atoms with E-state index in [9.17, 15) is 14.4 Å². The molecule has 0 saturated carbocycles. The van der Waals surface area contributed by atoms with Gasteiger partial charge in [-0.15, -0.1) is 0 Å². The van der Waals surface area contributed by atoms with Crippen molar-refractivity contribution in [2.75, 3.05) is 6.54 Å². The Hall–Kier alpha value is -2.77. The second kappa shape index (κ2) is 13.1. The molecule has 0 heterocycles. The summed E-state index contributed by atoms with van der Waals surface area (Å²) in [6, 6.07) is 9.05. The van der Waals surface area contributed by atoms with Crippen LogP contribution < -0.4 is 16.0 Å². The molecule has 3 amide bonds. The van der Waals surface area contributed by atoms with Gasteiger partial charge in [-0.2, -0.15) is 0 Å². The van der Waals surface area contributed by atoms with Crippen molar-refractivity contribution < 1.29 is 23.9 Å². The van der Waals surface area contributed by atoms with Crippen LogP contribution in [-0.2, 0) is 20.7 Å². The number of amides is 3. The minimum Gasteiger partial charge on any atom is -0.444 e. The first-order valence-electron chi connectivity index (χ1n) is 11.6. The molecule has 0 saturated heterocycles. The molecule has 0 aliphatic heterocycles. The van der Waals surface area contributed by atoms with Crippen molar-refractivity contribution in [2.24, 2.45) is 0 Å². The Morgan fingerprint density at radius 2 is 1.42 bits per heavy atom. The van der Waals surface area contributed by atoms with E-state index >= 15 is 0 Å². The van der Waals surface area contributed by atoms with Gasteiger partial charge in [0.05, 0.1) is 0 Å². The van der Waals surface area contributed by atoms with Crippen LogP contribution in [0.1, 0.15) is 73.3 Å². The molecule has 0 aliphatic rings. The van der Waals surface area contributed by atoms with E-state index in [0.29, 0.717) is 32.2 Å². The molecule has 0 radical (unpaired) electrons. The molecule has 1 aromatic carbocycles. The molecule has 8 heteroatoms. The molecular formula is C25H41N3O5. The molecule has 8 nitrogen and oxygen atoms in total. The summed E-state index contributed by atoms with van der Waals surface area (Å²) in [5.41, 5.74) is -0.0976. The average Bonchev–Trinajstić information content (AvgIpc) is 2.64. The van der Waals surface area contributed by atoms with Crippen LogP contribution >= 0.6 is 0 Å². The summed E-state index contributed by atoms with van der Waals surface area (Å²) < 4.78 is 10.5. The maximum absolute atomic E-state index is 12.9. The third-order valence-corrected chi connectivity index (χ3v) is 4.37. The van der Waals surface area contributed by atoms with E-state index in [1.54, 1.807) is 41.5 Å². The van der Waals surface area contributed by atoms with Gasteiger partial charge in [-0.05, 0) is 79.7 Å². The van der Waals surface area contributed by atoms with Gasteiger partial charge in [0.15, 0.2) is 0 Å². The molecule has 1 unspecified atom stereocenters. The molecule has 1 aromatic rings. The van der Waals surface area contributed by atoms with Crippen molar-refractivity contribution in [1.29, 1.82) is 0 Å². The van der Waals surface area contributed by atoms with Crippen molar-refractivity contribution in [3.8, 4) is 0 Å². The summed E-state index contributed by atoms with van der Waals surface area (Å²) in [6.07, 6.45) is 1.25. The number of rotatable bonds is 10. The molecule has 1 rings (SSSR count). The average molecular weight is 464 g/mol. The quantitative estimate of drug-likeness (QED) is 0.448. The number of carbonyl (C=O) groups is 3. The van der Waals surface area contributed by atoms with Gasteiger partial charge in [-0.1, -0.05) is 30.3 Å². The number of hydrogen-bond acceptors (Lipinski definition) is 5. The predicted molar refractivity (Wildman–Crippen MR) is 129 cm³/mol. The van der Waals surface area contributed by atoms with Gasteiger partial charge < -0.3 is 25.4 Å². The van der Waals surface area contributed by atoms with Crippen LogP contribution in [0.3, 0.4) is 0 Å². The molecule has 186 valence electrons. The van der Waals surface area contributed by atoms with E-state index < -0.39 is 29.4 Å². The minimum absolute atomic E-state index is 0.100. The van der Waals surface area contributed by atoms with Crippen LogP contribution in [0.15, 0.2) is 30.3 Å². The second-order valence-electron chi connectivity index (χ2n) is 10.2. The van der Waals surface area contributed by atoms with Gasteiger partial charge in [-0.3, -0.25) is 4.79 Å². The zero-order chi connectivity index (χ0) is 25.1. The Morgan fingerprint density at radius 3 is 2.00 bits per heavy atom. The number of nitrogens with one attached hydrogen (secondary N) is 3. The molecule has 0 aliphatic carbocycles. The fraction of sp³-hybridized carbons (Fsp3) is 0.640. The number of benzene rings is 1. The smallest absolute Gasteiger partial charge is 0.408 e. The van der Waals surface area contributed by atoms with Crippen molar-refractivity contribution in [1.82, 2.24) is 16.0 Å². The zero-order valence-corrected chi connectivity index (χ0v) is 21.1. The Balaban J connectivity index is 2.59. The van der Waals surface area contributed by atoms with Gasteiger partial charge in [0.25, 0.3) is 0 Å². The third-order valence-electron chi connectivity index (χ3n) is 4.37. The Kier molecular flexibility index (Phi) is 11.2. The summed E-state index contributed by atoms with van der Waals surface area (Å²) >= 11 is 0. The molecule has 33 heavy (non-hydrogen) atoms. The summed E-state index contributed by atoms with van der Waals surface area (Å²) in [7, 11) is 0. The Labute approximate surface area is 198 Å². The van der Waals surface area contributed by atoms with Crippen LogP contribution in [0.2, 0.25) is 0 Å². The highest BCUT2D eigenvalue weighted by molar-refractivity contribution is 5.85. The lowest BCUT2D eigenvalue weighted by Crippen LogP contribution is -2.50. The van der Waals surface area contributed by atoms with Crippen LogP contribution in [0.5, 0.6) is 0 Å². The molecule has 0 bridgehead atoms. The van der Waals surface area contributed by atoms with Crippen molar-refractivity contribution >= 4 is 18.1 Å². The number of alkyl carbamates (subject to hydrolysis) is 2. The summed E-state index contributed by atoms with van der Waals surface area (Å²) in [5.74, 6) is -0.260. The third kappa shape index (κ3) is 14.1. The number of unbranched alkanes of at least 4 members (excludes halogenated alkanes) is 1. The normalized spacial score (nSPS) is 13.4. The number of ether oxygens (including phenoxy) is 2. The van der Waals surface area contributed by atoms with Gasteiger partial charge in [0.1, 0.15) is 17.2 Å². The first kappa shape index (κ1) is 28.3. The summed E-state index contributed by atoms with van der Waals surface area (Å²) in [5, 5.41) is 8.37. The predicted octanol–water partition coefficient (Wildman–Crippen LogP) is 4.32. The largest absolute Gasteiger partial charge is 0.444 e. The first-order valence-corrected chi connectivity index (χ1v) is 11.6. The SMILES string of the molecule is C[C@@H](Cc1ccccc1)NC(=O)C(CCCCNC(=O)OC(C)(C)C)NC(=O)OC(C)(C)C. The Morgan fingerprint density at radius 1 is 0.848 bits per heavy atom. The Bertz CT molecular complexity index is 754. The summed E-state index contributed by atoms with van der Waals surface area (Å²) in [6.45, 7) is 13.1. The fourth-order valence-electron chi connectivity index (χ4n) is 3.06. The number of hydrogen-bond donors (Lipinski definition) is 3. The highest BCUT2D eigenvalue weighted by Crippen LogP contribution is 2.10. The molecule has 0 spiro atoms. The molecule has 3 N–H and O–H groups in total. The lowest BCUT2D eigenvalue weighted by Gasteiger charge is -2.24. The topological polar surface area (TPSA) is 106 Å². The standard InChI is InChI=1S/C25H41N3O5/c1-18(17-19-13-9-8-10-14-19)27-21(29)20(28-23(31)33-25(5,6)7)15-11-12-16-26-22(30)32-24(2,3)4/h8-10,13-14,18,20H,11-12,15-17H2,1-7H3,(H,26,30)(H,27,29)(H,28,31)/t18-,20?/m0/s1. The van der Waals surface area contributed by atoms with E-state index in [-0.39, 0.29) is 11.9 Å². The van der Waals surface area contributed by atoms with Gasteiger partial charge in [0.2, 0.25) is 5.91 Å². The zero-order valence-electron chi connectivity index (χ0n) is 21.1. The molecular weight excluding hydrogens is 422 g/mol. The molecule has 0 aromatic heterocycles. The van der Waals surface area contributed by atoms with Gasteiger partial charge >= 0.3 is 12.2 Å². The van der Waals surface area contributed by atoms with Crippen LogP contribution in [0.4, 0.5) is 9.59 Å². The van der Waals surface area contributed by atoms with Crippen LogP contribution in [0, 0.1) is 0 Å². The lowest BCUT2D eigenvalue weighted by atomic mass is 10.1. The fourth-order valence-corrected chi connectivity index (χ4v) is 3.06. The second-order valence-corrected chi connectivity index (χ2v) is 10.2. The maximum Gasteiger partial charge on any atom is 0.408 e. The van der Waals surface area contributed by atoms with Gasteiger partial charge in [0, 0.05) is 12.6 Å². The van der Waals surface area contributed by atoms with E-state index in [1.165, 1.54) is 0 Å². The van der Waals surface area contributed by atoms with Crippen molar-refractivity contribution in [2.45, 2.75) is 97.4 Å². The molecule has 2 atom stereocenters. The highest BCUT2D eigenvalue weighted by Gasteiger charge is 2.25. The van der Waals surface area contributed by atoms with Crippen molar-refractivity contribution in [3.05, 3.63) is 35.9 Å². The van der Waals surface area contributed by atoms with Crippen molar-refractivity contribution in [3.63, 3.8) is 0 Å². The lowest BCUT2D eigenvalue weighted by molar-refractivity contribution is -0.124. The van der Waals surface area contributed by atoms with E-state index in [2.05, 4.69) is 16.0 Å². The van der Waals surface area contributed by atoms with Crippen LogP contribution in [0.25, 0.3) is 0 Å². The van der Waals surface area contributed by atoms with E-state index in [0.717, 1.165) is 5.56 Å². The minimum atomic E-state index is -0.736. The van der Waals surface area contributed by atoms with E-state index in [1.807, 2.05) is 37.3 Å². The van der Waals surface area contributed by atoms with Crippen LogP contribution in [-0.4, -0.2) is 47.9 Å². The highest BCUT2D eigenvalue weighted by atomic mass is 16.6. The number of carbonyl (C=O) groups excluding carboxylic acids is 3. The van der Waals surface area contributed by atoms with Gasteiger partial charge in [-0.25, -0.2) is 9.59 Å². The first-order chi connectivity index (χ1) is 15.2. The monoisotopic (exact) mass is 463 g/mol. The molecule has 0 fully saturated rings. The van der Waals surface area contributed by atoms with E-state index in [4.69, 9.17) is 9.47 Å². The maximum atomic E-state index is 12.9. The summed E-state index contributed by atoms with van der Waals surface area (Å²) in [4.78, 5) is 36.9.